The first kappa shape index (κ1) is 10.6. The van der Waals surface area contributed by atoms with Gasteiger partial charge in [-0.2, -0.15) is 0 Å². The molecule has 0 aliphatic carbocycles. The molecule has 0 fully saturated rings. The Morgan fingerprint density at radius 3 is 2.80 bits per heavy atom. The van der Waals surface area contributed by atoms with Gasteiger partial charge in [-0.15, -0.1) is 10.2 Å². The Kier molecular flexibility index (Phi) is 3.06. The van der Waals surface area contributed by atoms with Gasteiger partial charge in [-0.25, -0.2) is 0 Å². The van der Waals surface area contributed by atoms with Gasteiger partial charge in [0.05, 0.1) is 6.04 Å². The lowest BCUT2D eigenvalue weighted by molar-refractivity contribution is 0.467. The number of anilines is 1. The molecule has 0 radical (unpaired) electrons. The molecule has 0 spiro atoms. The smallest absolute Gasteiger partial charge is 0.207 e. The van der Waals surface area contributed by atoms with Gasteiger partial charge in [-0.05, 0) is 41.9 Å². The fourth-order valence-corrected chi connectivity index (χ4v) is 2.30. The van der Waals surface area contributed by atoms with Crippen molar-refractivity contribution < 1.29 is 4.42 Å². The van der Waals surface area contributed by atoms with Crippen LogP contribution in [-0.4, -0.2) is 10.2 Å². The average Bonchev–Trinajstić information content (AvgIpc) is 2.75. The summed E-state index contributed by atoms with van der Waals surface area (Å²) in [6.07, 6.45) is 0. The second-order valence-electron chi connectivity index (χ2n) is 3.17. The van der Waals surface area contributed by atoms with Gasteiger partial charge in [-0.1, -0.05) is 11.3 Å². The number of aryl methyl sites for hydroxylation is 1. The van der Waals surface area contributed by atoms with Crippen LogP contribution in [0.25, 0.3) is 0 Å². The molecule has 6 heteroatoms. The van der Waals surface area contributed by atoms with Gasteiger partial charge in [0, 0.05) is 0 Å². The van der Waals surface area contributed by atoms with E-state index in [9.17, 15) is 0 Å². The monoisotopic (exact) mass is 287 g/mol. The summed E-state index contributed by atoms with van der Waals surface area (Å²) in [5.74, 6) is 1.82. The highest BCUT2D eigenvalue weighted by atomic mass is 79.9. The Morgan fingerprint density at radius 1 is 1.47 bits per heavy atom. The maximum absolute atomic E-state index is 5.51. The number of hydrogen-bond donors (Lipinski definition) is 1. The van der Waals surface area contributed by atoms with Gasteiger partial charge in [0.2, 0.25) is 5.13 Å². The Balaban J connectivity index is 2.06. The molecule has 1 atom stereocenters. The normalized spacial score (nSPS) is 12.7. The fraction of sp³-hybridized carbons (Fsp3) is 0.333. The van der Waals surface area contributed by atoms with Crippen LogP contribution in [0, 0.1) is 6.92 Å². The van der Waals surface area contributed by atoms with Crippen LogP contribution in [0.4, 0.5) is 5.13 Å². The molecule has 0 saturated heterocycles. The summed E-state index contributed by atoms with van der Waals surface area (Å²) in [7, 11) is 0. The summed E-state index contributed by atoms with van der Waals surface area (Å²) in [5.41, 5.74) is 0. The summed E-state index contributed by atoms with van der Waals surface area (Å²) >= 11 is 4.72. The van der Waals surface area contributed by atoms with Crippen molar-refractivity contribution in [3.05, 3.63) is 27.6 Å². The Hall–Kier alpha value is -0.880. The lowest BCUT2D eigenvalue weighted by atomic mass is 10.2. The lowest BCUT2D eigenvalue weighted by Gasteiger charge is -2.08. The SMILES string of the molecule is Cc1ccc(C(C)Nc2nnc(Br)s2)o1. The third-order valence-electron chi connectivity index (χ3n) is 1.93. The molecule has 0 bridgehead atoms. The van der Waals surface area contributed by atoms with E-state index in [2.05, 4.69) is 31.4 Å². The standard InChI is InChI=1S/C9H10BrN3OS/c1-5-3-4-7(14-5)6(2)11-9-13-12-8(10)15-9/h3-4,6H,1-2H3,(H,11,13). The van der Waals surface area contributed by atoms with E-state index in [1.165, 1.54) is 11.3 Å². The third kappa shape index (κ3) is 2.57. The molecule has 15 heavy (non-hydrogen) atoms. The molecule has 0 saturated carbocycles. The first-order valence-corrected chi connectivity index (χ1v) is 6.08. The summed E-state index contributed by atoms with van der Waals surface area (Å²) in [4.78, 5) is 0. The van der Waals surface area contributed by atoms with Gasteiger partial charge in [-0.3, -0.25) is 0 Å². The number of nitrogens with zero attached hydrogens (tertiary/aromatic N) is 2. The van der Waals surface area contributed by atoms with Crippen LogP contribution < -0.4 is 5.32 Å². The highest BCUT2D eigenvalue weighted by Crippen LogP contribution is 2.25. The Morgan fingerprint density at radius 2 is 2.27 bits per heavy atom. The molecule has 2 aromatic heterocycles. The van der Waals surface area contributed by atoms with Crippen molar-refractivity contribution in [3.8, 4) is 0 Å². The van der Waals surface area contributed by atoms with Crippen molar-refractivity contribution >= 4 is 32.4 Å². The van der Waals surface area contributed by atoms with E-state index in [0.29, 0.717) is 0 Å². The maximum atomic E-state index is 5.51. The van der Waals surface area contributed by atoms with Gasteiger partial charge in [0.25, 0.3) is 0 Å². The summed E-state index contributed by atoms with van der Waals surface area (Å²) in [5, 5.41) is 11.8. The number of halogens is 1. The van der Waals surface area contributed by atoms with E-state index in [4.69, 9.17) is 4.42 Å². The van der Waals surface area contributed by atoms with E-state index >= 15 is 0 Å². The molecular weight excluding hydrogens is 278 g/mol. The number of nitrogens with one attached hydrogen (secondary N) is 1. The van der Waals surface area contributed by atoms with Crippen LogP contribution in [0.15, 0.2) is 20.5 Å². The van der Waals surface area contributed by atoms with Crippen LogP contribution in [0.5, 0.6) is 0 Å². The van der Waals surface area contributed by atoms with E-state index in [1.807, 2.05) is 26.0 Å². The fourth-order valence-electron chi connectivity index (χ4n) is 1.21. The molecule has 0 amide bonds. The van der Waals surface area contributed by atoms with Gasteiger partial charge in [0.15, 0.2) is 3.92 Å². The van der Waals surface area contributed by atoms with Crippen LogP contribution in [0.1, 0.15) is 24.5 Å². The van der Waals surface area contributed by atoms with Crippen molar-refractivity contribution in [1.82, 2.24) is 10.2 Å². The van der Waals surface area contributed by atoms with E-state index in [1.54, 1.807) is 0 Å². The molecule has 2 rings (SSSR count). The van der Waals surface area contributed by atoms with Crippen molar-refractivity contribution in [2.75, 3.05) is 5.32 Å². The van der Waals surface area contributed by atoms with E-state index in [0.717, 1.165) is 20.6 Å². The van der Waals surface area contributed by atoms with Crippen LogP contribution in [-0.2, 0) is 0 Å². The van der Waals surface area contributed by atoms with Crippen LogP contribution in [0.3, 0.4) is 0 Å². The Bertz CT molecular complexity index is 454. The predicted molar refractivity (Wildman–Crippen MR) is 63.1 cm³/mol. The predicted octanol–water partition coefficient (Wildman–Crippen LogP) is 3.38. The summed E-state index contributed by atoms with van der Waals surface area (Å²) in [6.45, 7) is 3.95. The molecule has 1 N–H and O–H groups in total. The number of furan rings is 1. The highest BCUT2D eigenvalue weighted by molar-refractivity contribution is 9.11. The van der Waals surface area contributed by atoms with Crippen molar-refractivity contribution in [2.24, 2.45) is 0 Å². The lowest BCUT2D eigenvalue weighted by Crippen LogP contribution is -2.05. The third-order valence-corrected chi connectivity index (χ3v) is 3.22. The molecule has 4 nitrogen and oxygen atoms in total. The van der Waals surface area contributed by atoms with E-state index < -0.39 is 0 Å². The minimum absolute atomic E-state index is 0.0959. The molecule has 1 unspecified atom stereocenters. The molecular formula is C9H10BrN3OS. The minimum atomic E-state index is 0.0959. The zero-order valence-corrected chi connectivity index (χ0v) is 10.7. The largest absolute Gasteiger partial charge is 0.464 e. The molecule has 0 aliphatic heterocycles. The topological polar surface area (TPSA) is 51.0 Å². The van der Waals surface area contributed by atoms with Crippen molar-refractivity contribution in [1.29, 1.82) is 0 Å². The Labute approximate surface area is 99.8 Å². The molecule has 0 aliphatic rings. The zero-order chi connectivity index (χ0) is 10.8. The number of aromatic nitrogens is 2. The molecule has 80 valence electrons. The number of hydrogen-bond acceptors (Lipinski definition) is 5. The number of rotatable bonds is 3. The van der Waals surface area contributed by atoms with E-state index in [-0.39, 0.29) is 6.04 Å². The quantitative estimate of drug-likeness (QED) is 0.940. The second kappa shape index (κ2) is 4.32. The molecule has 0 aromatic carbocycles. The van der Waals surface area contributed by atoms with Gasteiger partial charge < -0.3 is 9.73 Å². The average molecular weight is 288 g/mol. The second-order valence-corrected chi connectivity index (χ2v) is 5.43. The van der Waals surface area contributed by atoms with Gasteiger partial charge in [0.1, 0.15) is 11.5 Å². The van der Waals surface area contributed by atoms with Crippen LogP contribution >= 0.6 is 27.3 Å². The highest BCUT2D eigenvalue weighted by Gasteiger charge is 2.11. The maximum Gasteiger partial charge on any atom is 0.207 e. The summed E-state index contributed by atoms with van der Waals surface area (Å²) in [6, 6.07) is 4.01. The zero-order valence-electron chi connectivity index (χ0n) is 8.32. The minimum Gasteiger partial charge on any atom is -0.464 e. The van der Waals surface area contributed by atoms with Crippen molar-refractivity contribution in [3.63, 3.8) is 0 Å². The molecule has 2 heterocycles. The first-order chi connectivity index (χ1) is 7.15. The molecule has 2 aromatic rings. The van der Waals surface area contributed by atoms with Crippen molar-refractivity contribution in [2.45, 2.75) is 19.9 Å². The summed E-state index contributed by atoms with van der Waals surface area (Å²) < 4.78 is 6.28. The van der Waals surface area contributed by atoms with Gasteiger partial charge >= 0.3 is 0 Å². The van der Waals surface area contributed by atoms with Crippen LogP contribution in [0.2, 0.25) is 0 Å². The first-order valence-electron chi connectivity index (χ1n) is 4.47.